The quantitative estimate of drug-likeness (QED) is 0.749. The van der Waals surface area contributed by atoms with Crippen LogP contribution in [0.5, 0.6) is 5.75 Å². The molecule has 2 N–H and O–H groups in total. The number of sulfonamides is 1. The summed E-state index contributed by atoms with van der Waals surface area (Å²) in [6.07, 6.45) is 0. The van der Waals surface area contributed by atoms with E-state index in [1.165, 1.54) is 31.4 Å². The molecule has 0 bridgehead atoms. The highest BCUT2D eigenvalue weighted by atomic mass is 35.5. The first kappa shape index (κ1) is 20.2. The van der Waals surface area contributed by atoms with E-state index in [1.807, 2.05) is 13.8 Å². The molecule has 0 saturated heterocycles. The Labute approximate surface area is 158 Å². The van der Waals surface area contributed by atoms with Gasteiger partial charge in [0.05, 0.1) is 17.7 Å². The van der Waals surface area contributed by atoms with Crippen molar-refractivity contribution in [1.29, 1.82) is 0 Å². The van der Waals surface area contributed by atoms with E-state index in [4.69, 9.17) is 16.3 Å². The molecule has 0 aliphatic rings. The van der Waals surface area contributed by atoms with Gasteiger partial charge in [-0.15, -0.1) is 0 Å². The summed E-state index contributed by atoms with van der Waals surface area (Å²) in [6.45, 7) is 4.13. The first-order valence-electron chi connectivity index (χ1n) is 7.97. The molecule has 0 aromatic heterocycles. The highest BCUT2D eigenvalue weighted by Gasteiger charge is 2.17. The lowest BCUT2D eigenvalue weighted by Crippen LogP contribution is -2.27. The van der Waals surface area contributed by atoms with E-state index >= 15 is 0 Å². The van der Waals surface area contributed by atoms with Gasteiger partial charge in [-0.2, -0.15) is 0 Å². The van der Waals surface area contributed by atoms with E-state index in [0.29, 0.717) is 23.0 Å². The van der Waals surface area contributed by atoms with Crippen molar-refractivity contribution < 1.29 is 17.9 Å². The number of hydrogen-bond acceptors (Lipinski definition) is 4. The fourth-order valence-corrected chi connectivity index (χ4v) is 3.57. The third kappa shape index (κ3) is 5.20. The van der Waals surface area contributed by atoms with Crippen molar-refractivity contribution in [2.45, 2.75) is 18.7 Å². The van der Waals surface area contributed by atoms with Gasteiger partial charge < -0.3 is 10.1 Å². The molecule has 0 fully saturated rings. The molecule has 8 heteroatoms. The lowest BCUT2D eigenvalue weighted by Gasteiger charge is -2.12. The molecule has 140 valence electrons. The Bertz CT molecular complexity index is 898. The second kappa shape index (κ2) is 8.53. The smallest absolute Gasteiger partial charge is 0.255 e. The predicted octanol–water partition coefficient (Wildman–Crippen LogP) is 3.54. The molecular formula is C18H21ClN2O4S. The van der Waals surface area contributed by atoms with Crippen LogP contribution in [0.1, 0.15) is 24.2 Å². The van der Waals surface area contributed by atoms with Crippen LogP contribution in [0.3, 0.4) is 0 Å². The largest absolute Gasteiger partial charge is 0.495 e. The average Bonchev–Trinajstić information content (AvgIpc) is 2.60. The van der Waals surface area contributed by atoms with Crippen molar-refractivity contribution in [3.05, 3.63) is 53.1 Å². The van der Waals surface area contributed by atoms with Crippen molar-refractivity contribution in [3.63, 3.8) is 0 Å². The maximum Gasteiger partial charge on any atom is 0.255 e. The standard InChI is InChI=1S/C18H21ClN2O4S/c1-12(2)11-20-26(23,24)15-6-4-5-13(9-15)18(22)21-16-10-14(19)7-8-17(16)25-3/h4-10,12,20H,11H2,1-3H3,(H,21,22). The normalized spacial score (nSPS) is 11.4. The number of amides is 1. The molecule has 0 aliphatic heterocycles. The van der Waals surface area contributed by atoms with E-state index in [0.717, 1.165) is 0 Å². The highest BCUT2D eigenvalue weighted by molar-refractivity contribution is 7.89. The topological polar surface area (TPSA) is 84.5 Å². The number of benzene rings is 2. The van der Waals surface area contributed by atoms with Crippen molar-refractivity contribution in [2.24, 2.45) is 5.92 Å². The fraction of sp³-hybridized carbons (Fsp3) is 0.278. The molecular weight excluding hydrogens is 376 g/mol. The maximum atomic E-state index is 12.5. The Morgan fingerprint density at radius 1 is 1.19 bits per heavy atom. The monoisotopic (exact) mass is 396 g/mol. The molecule has 0 atom stereocenters. The number of carbonyl (C=O) groups excluding carboxylic acids is 1. The van der Waals surface area contributed by atoms with Crippen LogP contribution in [0, 0.1) is 5.92 Å². The van der Waals surface area contributed by atoms with Crippen LogP contribution in [0.25, 0.3) is 0 Å². The number of hydrogen-bond donors (Lipinski definition) is 2. The molecule has 2 aromatic rings. The van der Waals surface area contributed by atoms with Crippen molar-refractivity contribution in [2.75, 3.05) is 19.0 Å². The minimum Gasteiger partial charge on any atom is -0.495 e. The molecule has 1 amide bonds. The summed E-state index contributed by atoms with van der Waals surface area (Å²) in [4.78, 5) is 12.5. The third-order valence-electron chi connectivity index (χ3n) is 3.50. The fourth-order valence-electron chi connectivity index (χ4n) is 2.14. The number of carbonyl (C=O) groups is 1. The Morgan fingerprint density at radius 2 is 1.92 bits per heavy atom. The van der Waals surface area contributed by atoms with Gasteiger partial charge in [0, 0.05) is 17.1 Å². The summed E-state index contributed by atoms with van der Waals surface area (Å²) in [6, 6.07) is 10.7. The zero-order valence-corrected chi connectivity index (χ0v) is 16.3. The summed E-state index contributed by atoms with van der Waals surface area (Å²) in [5.41, 5.74) is 0.607. The number of halogens is 1. The van der Waals surface area contributed by atoms with Gasteiger partial charge in [0.1, 0.15) is 5.75 Å². The van der Waals surface area contributed by atoms with Crippen LogP contribution in [-0.4, -0.2) is 28.0 Å². The van der Waals surface area contributed by atoms with Gasteiger partial charge in [-0.05, 0) is 42.3 Å². The Balaban J connectivity index is 2.25. The Morgan fingerprint density at radius 3 is 2.58 bits per heavy atom. The second-order valence-corrected chi connectivity index (χ2v) is 8.28. The molecule has 0 radical (unpaired) electrons. The minimum absolute atomic E-state index is 0.0314. The third-order valence-corrected chi connectivity index (χ3v) is 5.15. The Kier molecular flexibility index (Phi) is 6.63. The van der Waals surface area contributed by atoms with E-state index in [1.54, 1.807) is 18.2 Å². The number of ether oxygens (including phenoxy) is 1. The molecule has 26 heavy (non-hydrogen) atoms. The molecule has 0 spiro atoms. The molecule has 0 heterocycles. The van der Waals surface area contributed by atoms with Gasteiger partial charge >= 0.3 is 0 Å². The van der Waals surface area contributed by atoms with Crippen molar-refractivity contribution in [3.8, 4) is 5.75 Å². The van der Waals surface area contributed by atoms with Gasteiger partial charge in [-0.3, -0.25) is 4.79 Å². The van der Waals surface area contributed by atoms with Crippen LogP contribution in [0.4, 0.5) is 5.69 Å². The van der Waals surface area contributed by atoms with Gasteiger partial charge in [0.15, 0.2) is 0 Å². The number of methoxy groups -OCH3 is 1. The number of rotatable bonds is 7. The minimum atomic E-state index is -3.68. The molecule has 2 aromatic carbocycles. The van der Waals surface area contributed by atoms with Crippen LogP contribution >= 0.6 is 11.6 Å². The first-order chi connectivity index (χ1) is 12.2. The predicted molar refractivity (Wildman–Crippen MR) is 102 cm³/mol. The van der Waals surface area contributed by atoms with Crippen molar-refractivity contribution >= 4 is 33.2 Å². The number of anilines is 1. The van der Waals surface area contributed by atoms with Gasteiger partial charge in [0.25, 0.3) is 5.91 Å². The molecule has 0 aliphatic carbocycles. The summed E-state index contributed by atoms with van der Waals surface area (Å²) in [5, 5.41) is 3.12. The van der Waals surface area contributed by atoms with E-state index in [2.05, 4.69) is 10.0 Å². The van der Waals surface area contributed by atoms with Crippen LogP contribution in [0.2, 0.25) is 5.02 Å². The Hall–Kier alpha value is -2.09. The van der Waals surface area contributed by atoms with Crippen LogP contribution < -0.4 is 14.8 Å². The average molecular weight is 397 g/mol. The van der Waals surface area contributed by atoms with Gasteiger partial charge in [0.2, 0.25) is 10.0 Å². The lowest BCUT2D eigenvalue weighted by atomic mass is 10.2. The first-order valence-corrected chi connectivity index (χ1v) is 9.83. The second-order valence-electron chi connectivity index (χ2n) is 6.07. The summed E-state index contributed by atoms with van der Waals surface area (Å²) in [7, 11) is -2.20. The van der Waals surface area contributed by atoms with Crippen LogP contribution in [0.15, 0.2) is 47.4 Å². The molecule has 6 nitrogen and oxygen atoms in total. The van der Waals surface area contributed by atoms with Gasteiger partial charge in [-0.1, -0.05) is 31.5 Å². The summed E-state index contributed by atoms with van der Waals surface area (Å²) < 4.78 is 32.4. The summed E-state index contributed by atoms with van der Waals surface area (Å²) >= 11 is 5.95. The molecule has 0 saturated carbocycles. The van der Waals surface area contributed by atoms with Gasteiger partial charge in [-0.25, -0.2) is 13.1 Å². The molecule has 0 unspecified atom stereocenters. The summed E-state index contributed by atoms with van der Waals surface area (Å²) in [5.74, 6) is 0.156. The lowest BCUT2D eigenvalue weighted by molar-refractivity contribution is 0.102. The van der Waals surface area contributed by atoms with Crippen molar-refractivity contribution in [1.82, 2.24) is 4.72 Å². The van der Waals surface area contributed by atoms with Crippen LogP contribution in [-0.2, 0) is 10.0 Å². The van der Waals surface area contributed by atoms with E-state index < -0.39 is 15.9 Å². The zero-order chi connectivity index (χ0) is 19.3. The van der Waals surface area contributed by atoms with E-state index in [9.17, 15) is 13.2 Å². The maximum absolute atomic E-state index is 12.5. The van der Waals surface area contributed by atoms with E-state index in [-0.39, 0.29) is 16.4 Å². The molecule has 2 rings (SSSR count). The number of nitrogens with one attached hydrogen (secondary N) is 2. The highest BCUT2D eigenvalue weighted by Crippen LogP contribution is 2.28. The SMILES string of the molecule is COc1ccc(Cl)cc1NC(=O)c1cccc(S(=O)(=O)NCC(C)C)c1. The zero-order valence-electron chi connectivity index (χ0n) is 14.7.